The van der Waals surface area contributed by atoms with Crippen molar-refractivity contribution in [1.29, 1.82) is 0 Å². The van der Waals surface area contributed by atoms with Gasteiger partial charge in [-0.3, -0.25) is 5.32 Å². The molecule has 0 radical (unpaired) electrons. The molecule has 0 heterocycles. The normalized spacial score (nSPS) is 33.0. The van der Waals surface area contributed by atoms with Gasteiger partial charge < -0.3 is 4.74 Å². The number of amides is 1. The lowest BCUT2D eigenvalue weighted by Crippen LogP contribution is -2.39. The summed E-state index contributed by atoms with van der Waals surface area (Å²) in [5, 5.41) is 2.84. The molecule has 2 saturated carbocycles. The van der Waals surface area contributed by atoms with E-state index in [-0.39, 0.29) is 23.0 Å². The Morgan fingerprint density at radius 2 is 1.90 bits per heavy atom. The summed E-state index contributed by atoms with van der Waals surface area (Å²) >= 11 is 0. The van der Waals surface area contributed by atoms with Gasteiger partial charge in [0.15, 0.2) is 0 Å². The molecule has 2 fully saturated rings. The van der Waals surface area contributed by atoms with Crippen LogP contribution >= 0.6 is 0 Å². The van der Waals surface area contributed by atoms with Gasteiger partial charge in [-0.05, 0) is 49.7 Å². The van der Waals surface area contributed by atoms with Gasteiger partial charge in [0.25, 0.3) is 0 Å². The minimum Gasteiger partial charge on any atom is -0.445 e. The summed E-state index contributed by atoms with van der Waals surface area (Å²) in [7, 11) is 0. The lowest BCUT2D eigenvalue weighted by atomic mass is 9.70. The number of anilines is 1. The molecular weight excluding hydrogens is 262 g/mol. The first-order valence-electron chi connectivity index (χ1n) is 7.87. The maximum absolute atomic E-state index is 12.1. The van der Waals surface area contributed by atoms with Crippen molar-refractivity contribution in [2.45, 2.75) is 53.1 Å². The van der Waals surface area contributed by atoms with Crippen LogP contribution in [-0.4, -0.2) is 12.2 Å². The van der Waals surface area contributed by atoms with Crippen molar-refractivity contribution in [3.8, 4) is 0 Å². The number of rotatable bonds is 2. The fourth-order valence-electron chi connectivity index (χ4n) is 4.22. The molecule has 0 saturated heterocycles. The second-order valence-corrected chi connectivity index (χ2v) is 7.50. The number of carbonyl (C=O) groups is 1. The zero-order valence-corrected chi connectivity index (χ0v) is 13.4. The SMILES string of the molecule is Cc1ccc(NC(=O)O[C@@H]2C[C@H]3CC[C@@]2(C)C3(C)C)cc1. The number of hydrogen-bond donors (Lipinski definition) is 1. The molecule has 2 aliphatic carbocycles. The molecule has 3 nitrogen and oxygen atoms in total. The van der Waals surface area contributed by atoms with E-state index in [0.717, 1.165) is 18.5 Å². The van der Waals surface area contributed by atoms with E-state index in [1.165, 1.54) is 12.0 Å². The van der Waals surface area contributed by atoms with Crippen LogP contribution in [-0.2, 0) is 4.74 Å². The van der Waals surface area contributed by atoms with Crippen LogP contribution in [0.3, 0.4) is 0 Å². The molecule has 1 amide bonds. The minimum absolute atomic E-state index is 0.0386. The molecule has 114 valence electrons. The smallest absolute Gasteiger partial charge is 0.411 e. The molecule has 1 aromatic carbocycles. The highest BCUT2D eigenvalue weighted by molar-refractivity contribution is 5.84. The first-order valence-corrected chi connectivity index (χ1v) is 7.87. The van der Waals surface area contributed by atoms with E-state index in [1.54, 1.807) is 0 Å². The third-order valence-electron chi connectivity index (χ3n) is 6.26. The van der Waals surface area contributed by atoms with E-state index in [2.05, 4.69) is 26.1 Å². The fraction of sp³-hybridized carbons (Fsp3) is 0.611. The van der Waals surface area contributed by atoms with E-state index in [0.29, 0.717) is 5.92 Å². The lowest BCUT2D eigenvalue weighted by molar-refractivity contribution is 0.00148. The van der Waals surface area contributed by atoms with E-state index < -0.39 is 0 Å². The molecule has 3 atom stereocenters. The zero-order valence-electron chi connectivity index (χ0n) is 13.4. The molecule has 2 bridgehead atoms. The molecule has 0 spiro atoms. The average molecular weight is 287 g/mol. The molecule has 3 heteroatoms. The van der Waals surface area contributed by atoms with Crippen molar-refractivity contribution in [1.82, 2.24) is 0 Å². The Bertz CT molecular complexity index is 549. The Hall–Kier alpha value is -1.51. The standard InChI is InChI=1S/C18H25NO2/c1-12-5-7-14(8-6-12)19-16(20)21-15-11-13-9-10-18(15,4)17(13,2)3/h5-8,13,15H,9-11H2,1-4H3,(H,19,20)/t13-,15-,18-/m1/s1. The summed E-state index contributed by atoms with van der Waals surface area (Å²) in [6.07, 6.45) is 3.14. The van der Waals surface area contributed by atoms with Crippen molar-refractivity contribution >= 4 is 11.8 Å². The summed E-state index contributed by atoms with van der Waals surface area (Å²) in [4.78, 5) is 12.1. The predicted octanol–water partition coefficient (Wildman–Crippen LogP) is 4.76. The number of aryl methyl sites for hydroxylation is 1. The van der Waals surface area contributed by atoms with Crippen LogP contribution in [0.1, 0.15) is 45.6 Å². The van der Waals surface area contributed by atoms with E-state index >= 15 is 0 Å². The number of fused-ring (bicyclic) bond motifs is 2. The third-order valence-corrected chi connectivity index (χ3v) is 6.26. The Morgan fingerprint density at radius 1 is 1.24 bits per heavy atom. The fourth-order valence-corrected chi connectivity index (χ4v) is 4.22. The van der Waals surface area contributed by atoms with E-state index in [4.69, 9.17) is 4.74 Å². The van der Waals surface area contributed by atoms with Crippen LogP contribution in [0.2, 0.25) is 0 Å². The molecule has 0 aromatic heterocycles. The molecule has 21 heavy (non-hydrogen) atoms. The molecule has 1 aromatic rings. The maximum atomic E-state index is 12.1. The monoisotopic (exact) mass is 287 g/mol. The highest BCUT2D eigenvalue weighted by Gasteiger charge is 2.62. The molecular formula is C18H25NO2. The third kappa shape index (κ3) is 2.23. The average Bonchev–Trinajstić information content (AvgIpc) is 2.74. The first kappa shape index (κ1) is 14.4. The quantitative estimate of drug-likeness (QED) is 0.851. The summed E-state index contributed by atoms with van der Waals surface area (Å²) in [6.45, 7) is 8.96. The Morgan fingerprint density at radius 3 is 2.43 bits per heavy atom. The molecule has 3 rings (SSSR count). The summed E-state index contributed by atoms with van der Waals surface area (Å²) < 4.78 is 5.77. The predicted molar refractivity (Wildman–Crippen MR) is 84.3 cm³/mol. The van der Waals surface area contributed by atoms with Crippen LogP contribution in [0, 0.1) is 23.7 Å². The van der Waals surface area contributed by atoms with Gasteiger partial charge in [0.2, 0.25) is 0 Å². The highest BCUT2D eigenvalue weighted by Crippen LogP contribution is 2.66. The van der Waals surface area contributed by atoms with Gasteiger partial charge in [-0.2, -0.15) is 0 Å². The first-order chi connectivity index (χ1) is 9.83. The zero-order chi connectivity index (χ0) is 15.3. The number of carbonyl (C=O) groups excluding carboxylic acids is 1. The minimum atomic E-state index is -0.326. The van der Waals surface area contributed by atoms with Crippen LogP contribution < -0.4 is 5.32 Å². The summed E-state index contributed by atoms with van der Waals surface area (Å²) in [5.74, 6) is 0.680. The second-order valence-electron chi connectivity index (χ2n) is 7.50. The highest BCUT2D eigenvalue weighted by atomic mass is 16.6. The number of hydrogen-bond acceptors (Lipinski definition) is 2. The lowest BCUT2D eigenvalue weighted by Gasteiger charge is -2.38. The van der Waals surface area contributed by atoms with Crippen LogP contribution in [0.5, 0.6) is 0 Å². The van der Waals surface area contributed by atoms with E-state index in [9.17, 15) is 4.79 Å². The van der Waals surface area contributed by atoms with Crippen molar-refractivity contribution in [3.63, 3.8) is 0 Å². The number of nitrogens with one attached hydrogen (secondary N) is 1. The van der Waals surface area contributed by atoms with Crippen molar-refractivity contribution in [2.24, 2.45) is 16.7 Å². The van der Waals surface area contributed by atoms with Crippen molar-refractivity contribution < 1.29 is 9.53 Å². The van der Waals surface area contributed by atoms with Gasteiger partial charge in [0.1, 0.15) is 6.10 Å². The van der Waals surface area contributed by atoms with Crippen molar-refractivity contribution in [3.05, 3.63) is 29.8 Å². The van der Waals surface area contributed by atoms with Gasteiger partial charge in [-0.15, -0.1) is 0 Å². The van der Waals surface area contributed by atoms with Gasteiger partial charge in [0, 0.05) is 11.1 Å². The molecule has 1 N–H and O–H groups in total. The van der Waals surface area contributed by atoms with Gasteiger partial charge in [-0.25, -0.2) is 4.79 Å². The van der Waals surface area contributed by atoms with Gasteiger partial charge in [-0.1, -0.05) is 38.5 Å². The largest absolute Gasteiger partial charge is 0.445 e. The second kappa shape index (κ2) is 4.75. The van der Waals surface area contributed by atoms with Crippen LogP contribution in [0.15, 0.2) is 24.3 Å². The Balaban J connectivity index is 1.65. The summed E-state index contributed by atoms with van der Waals surface area (Å²) in [6, 6.07) is 7.78. The number of benzene rings is 1. The van der Waals surface area contributed by atoms with Gasteiger partial charge >= 0.3 is 6.09 Å². The maximum Gasteiger partial charge on any atom is 0.411 e. The molecule has 2 aliphatic rings. The van der Waals surface area contributed by atoms with E-state index in [1.807, 2.05) is 31.2 Å². The molecule has 0 aliphatic heterocycles. The Kier molecular flexibility index (Phi) is 3.27. The summed E-state index contributed by atoms with van der Waals surface area (Å²) in [5.41, 5.74) is 2.35. The van der Waals surface area contributed by atoms with Crippen LogP contribution in [0.25, 0.3) is 0 Å². The molecule has 0 unspecified atom stereocenters. The van der Waals surface area contributed by atoms with Gasteiger partial charge in [0.05, 0.1) is 0 Å². The van der Waals surface area contributed by atoms with Crippen LogP contribution in [0.4, 0.5) is 10.5 Å². The Labute approximate surface area is 127 Å². The topological polar surface area (TPSA) is 38.3 Å². The number of ether oxygens (including phenoxy) is 1. The van der Waals surface area contributed by atoms with Crippen molar-refractivity contribution in [2.75, 3.05) is 5.32 Å².